The van der Waals surface area contributed by atoms with E-state index in [2.05, 4.69) is 0 Å². The van der Waals surface area contributed by atoms with Crippen LogP contribution in [0.4, 0.5) is 5.69 Å². The molecule has 0 spiro atoms. The van der Waals surface area contributed by atoms with Crippen LogP contribution in [-0.4, -0.2) is 45.9 Å². The number of ether oxygens (including phenoxy) is 4. The first kappa shape index (κ1) is 22.8. The molecular formula is C23H27NO6. The lowest BCUT2D eigenvalue weighted by molar-refractivity contribution is -0.143. The number of benzene rings is 2. The number of amides is 1. The molecule has 2 rings (SSSR count). The van der Waals surface area contributed by atoms with Crippen LogP contribution in [0.5, 0.6) is 17.2 Å². The van der Waals surface area contributed by atoms with Gasteiger partial charge in [0, 0.05) is 29.4 Å². The van der Waals surface area contributed by atoms with E-state index in [-0.39, 0.29) is 18.6 Å². The van der Waals surface area contributed by atoms with Gasteiger partial charge in [-0.3, -0.25) is 4.79 Å². The Labute approximate surface area is 176 Å². The molecule has 0 saturated heterocycles. The van der Waals surface area contributed by atoms with Crippen LogP contribution in [0, 0.1) is 0 Å². The third kappa shape index (κ3) is 5.76. The average Bonchev–Trinajstić information content (AvgIpc) is 2.76. The highest BCUT2D eigenvalue weighted by molar-refractivity contribution is 5.97. The van der Waals surface area contributed by atoms with Crippen molar-refractivity contribution in [2.45, 2.75) is 19.9 Å². The molecule has 160 valence electrons. The topological polar surface area (TPSA) is 74.3 Å². The Morgan fingerprint density at radius 2 is 1.53 bits per heavy atom. The Hall–Kier alpha value is -3.48. The minimum absolute atomic E-state index is 0.0785. The maximum Gasteiger partial charge on any atom is 0.331 e. The number of carbonyl (C=O) groups excluding carboxylic acids is 2. The highest BCUT2D eigenvalue weighted by Gasteiger charge is 2.20. The van der Waals surface area contributed by atoms with Gasteiger partial charge in [0.15, 0.2) is 18.1 Å². The number of carbonyl (C=O) groups is 2. The number of hydrogen-bond acceptors (Lipinski definition) is 6. The smallest absolute Gasteiger partial charge is 0.331 e. The molecule has 2 aromatic carbocycles. The van der Waals surface area contributed by atoms with Gasteiger partial charge in [-0.15, -0.1) is 0 Å². The van der Waals surface area contributed by atoms with Gasteiger partial charge in [-0.25, -0.2) is 4.79 Å². The van der Waals surface area contributed by atoms with E-state index in [1.165, 1.54) is 33.5 Å². The summed E-state index contributed by atoms with van der Waals surface area (Å²) < 4.78 is 21.0. The van der Waals surface area contributed by atoms with Gasteiger partial charge in [-0.05, 0) is 38.1 Å². The zero-order valence-corrected chi connectivity index (χ0v) is 17.9. The molecule has 30 heavy (non-hydrogen) atoms. The van der Waals surface area contributed by atoms with E-state index < -0.39 is 5.97 Å². The Morgan fingerprint density at radius 3 is 2.10 bits per heavy atom. The molecule has 7 heteroatoms. The summed E-state index contributed by atoms with van der Waals surface area (Å²) >= 11 is 0. The second-order valence-electron chi connectivity index (χ2n) is 6.58. The van der Waals surface area contributed by atoms with E-state index in [0.29, 0.717) is 22.8 Å². The van der Waals surface area contributed by atoms with Crippen LogP contribution in [-0.2, 0) is 14.3 Å². The fourth-order valence-electron chi connectivity index (χ4n) is 2.91. The van der Waals surface area contributed by atoms with Crippen LogP contribution < -0.4 is 19.1 Å². The predicted molar refractivity (Wildman–Crippen MR) is 115 cm³/mol. The zero-order valence-electron chi connectivity index (χ0n) is 17.9. The minimum Gasteiger partial charge on any atom is -0.496 e. The first-order valence-electron chi connectivity index (χ1n) is 9.43. The molecule has 1 amide bonds. The fourth-order valence-corrected chi connectivity index (χ4v) is 2.91. The monoisotopic (exact) mass is 413 g/mol. The summed E-state index contributed by atoms with van der Waals surface area (Å²) in [6.45, 7) is 3.44. The number of nitrogens with zero attached hydrogens (tertiary/aromatic N) is 1. The summed E-state index contributed by atoms with van der Waals surface area (Å²) in [7, 11) is 4.56. The van der Waals surface area contributed by atoms with Crippen molar-refractivity contribution in [3.05, 3.63) is 54.1 Å². The van der Waals surface area contributed by atoms with Gasteiger partial charge in [0.1, 0.15) is 5.75 Å². The summed E-state index contributed by atoms with van der Waals surface area (Å²) in [4.78, 5) is 26.3. The van der Waals surface area contributed by atoms with Crippen molar-refractivity contribution in [1.29, 1.82) is 0 Å². The van der Waals surface area contributed by atoms with E-state index in [0.717, 1.165) is 5.69 Å². The molecule has 7 nitrogen and oxygen atoms in total. The summed E-state index contributed by atoms with van der Waals surface area (Å²) in [5.74, 6) is 0.563. The molecule has 0 aromatic heterocycles. The molecule has 0 heterocycles. The van der Waals surface area contributed by atoms with Crippen molar-refractivity contribution in [1.82, 2.24) is 0 Å². The van der Waals surface area contributed by atoms with Gasteiger partial charge >= 0.3 is 5.97 Å². The standard InChI is InChI=1S/C23H27NO6/c1-16(2)24(18-9-7-6-8-10-18)22(25)15-30-23(26)12-11-17-13-20(28-4)21(29-5)14-19(17)27-3/h6-14,16H,15H2,1-5H3/b12-11+. The highest BCUT2D eigenvalue weighted by atomic mass is 16.5. The maximum atomic E-state index is 12.6. The van der Waals surface area contributed by atoms with Crippen molar-refractivity contribution >= 4 is 23.6 Å². The molecule has 0 atom stereocenters. The van der Waals surface area contributed by atoms with Crippen LogP contribution >= 0.6 is 0 Å². The van der Waals surface area contributed by atoms with Crippen molar-refractivity contribution in [3.8, 4) is 17.2 Å². The molecule has 0 aliphatic carbocycles. The Kier molecular flexibility index (Phi) is 8.29. The van der Waals surface area contributed by atoms with Crippen LogP contribution in [0.15, 0.2) is 48.5 Å². The van der Waals surface area contributed by atoms with Crippen LogP contribution in [0.3, 0.4) is 0 Å². The van der Waals surface area contributed by atoms with E-state index in [9.17, 15) is 9.59 Å². The first-order valence-corrected chi connectivity index (χ1v) is 9.43. The number of para-hydroxylation sites is 1. The molecule has 0 radical (unpaired) electrons. The summed E-state index contributed by atoms with van der Waals surface area (Å²) in [5, 5.41) is 0. The maximum absolute atomic E-state index is 12.6. The van der Waals surface area contributed by atoms with Crippen LogP contribution in [0.1, 0.15) is 19.4 Å². The molecular weight excluding hydrogens is 386 g/mol. The molecule has 0 N–H and O–H groups in total. The number of esters is 1. The minimum atomic E-state index is -0.642. The molecule has 0 unspecified atom stereocenters. The second kappa shape index (κ2) is 10.9. The summed E-state index contributed by atoms with van der Waals surface area (Å²) in [5.41, 5.74) is 1.35. The van der Waals surface area contributed by atoms with Crippen molar-refractivity contribution in [2.24, 2.45) is 0 Å². The van der Waals surface area contributed by atoms with Crippen LogP contribution in [0.25, 0.3) is 6.08 Å². The van der Waals surface area contributed by atoms with Gasteiger partial charge in [-0.1, -0.05) is 18.2 Å². The molecule has 0 bridgehead atoms. The lowest BCUT2D eigenvalue weighted by Gasteiger charge is -2.26. The van der Waals surface area contributed by atoms with E-state index >= 15 is 0 Å². The Morgan fingerprint density at radius 1 is 0.933 bits per heavy atom. The second-order valence-corrected chi connectivity index (χ2v) is 6.58. The molecule has 0 aliphatic heterocycles. The van der Waals surface area contributed by atoms with Gasteiger partial charge in [-0.2, -0.15) is 0 Å². The van der Waals surface area contributed by atoms with Crippen molar-refractivity contribution < 1.29 is 28.5 Å². The van der Waals surface area contributed by atoms with E-state index in [1.54, 1.807) is 17.0 Å². The lowest BCUT2D eigenvalue weighted by atomic mass is 10.1. The van der Waals surface area contributed by atoms with Crippen molar-refractivity contribution in [3.63, 3.8) is 0 Å². The first-order chi connectivity index (χ1) is 14.4. The molecule has 2 aromatic rings. The Balaban J connectivity index is 2.07. The number of rotatable bonds is 9. The number of hydrogen-bond donors (Lipinski definition) is 0. The third-order valence-corrected chi connectivity index (χ3v) is 4.29. The van der Waals surface area contributed by atoms with Crippen molar-refractivity contribution in [2.75, 3.05) is 32.8 Å². The number of anilines is 1. The zero-order chi connectivity index (χ0) is 22.1. The SMILES string of the molecule is COc1cc(OC)c(OC)cc1/C=C/C(=O)OCC(=O)N(c1ccccc1)C(C)C. The quantitative estimate of drug-likeness (QED) is 0.461. The van der Waals surface area contributed by atoms with Gasteiger partial charge in [0.05, 0.1) is 21.3 Å². The fraction of sp³-hybridized carbons (Fsp3) is 0.304. The lowest BCUT2D eigenvalue weighted by Crippen LogP contribution is -2.39. The Bertz CT molecular complexity index is 892. The van der Waals surface area contributed by atoms with E-state index in [1.807, 2.05) is 44.2 Å². The van der Waals surface area contributed by atoms with Gasteiger partial charge in [0.25, 0.3) is 5.91 Å². The van der Waals surface area contributed by atoms with Crippen LogP contribution in [0.2, 0.25) is 0 Å². The summed E-state index contributed by atoms with van der Waals surface area (Å²) in [6, 6.07) is 12.5. The molecule has 0 fully saturated rings. The normalized spacial score (nSPS) is 10.7. The predicted octanol–water partition coefficient (Wildman–Crippen LogP) is 3.71. The summed E-state index contributed by atoms with van der Waals surface area (Å²) in [6.07, 6.45) is 2.77. The average molecular weight is 413 g/mol. The number of methoxy groups -OCH3 is 3. The third-order valence-electron chi connectivity index (χ3n) is 4.29. The molecule has 0 aliphatic rings. The molecule has 0 saturated carbocycles. The van der Waals surface area contributed by atoms with Gasteiger partial charge in [0.2, 0.25) is 0 Å². The van der Waals surface area contributed by atoms with Gasteiger partial charge < -0.3 is 23.8 Å². The van der Waals surface area contributed by atoms with E-state index in [4.69, 9.17) is 18.9 Å². The largest absolute Gasteiger partial charge is 0.496 e. The highest BCUT2D eigenvalue weighted by Crippen LogP contribution is 2.35.